The predicted molar refractivity (Wildman–Crippen MR) is 53.3 cm³/mol. The van der Waals surface area contributed by atoms with Crippen LogP contribution in [-0.4, -0.2) is 18.1 Å². The second kappa shape index (κ2) is 5.22. The van der Waals surface area contributed by atoms with E-state index in [9.17, 15) is 4.79 Å². The fourth-order valence-corrected chi connectivity index (χ4v) is 1.29. The van der Waals surface area contributed by atoms with E-state index in [-0.39, 0.29) is 5.97 Å². The fourth-order valence-electron chi connectivity index (χ4n) is 1.29. The Balaban J connectivity index is 4.03. The van der Waals surface area contributed by atoms with E-state index in [0.29, 0.717) is 18.9 Å². The van der Waals surface area contributed by atoms with Crippen LogP contribution >= 0.6 is 0 Å². The van der Waals surface area contributed by atoms with Gasteiger partial charge in [0.2, 0.25) is 0 Å². The molecule has 13 heavy (non-hydrogen) atoms. The molecule has 0 rings (SSSR count). The van der Waals surface area contributed by atoms with Crippen molar-refractivity contribution in [2.24, 2.45) is 11.7 Å². The molecule has 1 atom stereocenters. The monoisotopic (exact) mass is 187 g/mol. The standard InChI is InChI=1S/C10H21NO2/c1-5-6-13-9(12)10(4,11)7-8(2)3/h8H,5-7,11H2,1-4H3/t10-/m0/s1. The van der Waals surface area contributed by atoms with E-state index in [1.54, 1.807) is 6.92 Å². The minimum Gasteiger partial charge on any atom is -0.464 e. The molecule has 2 N–H and O–H groups in total. The van der Waals surface area contributed by atoms with Crippen LogP contribution < -0.4 is 5.73 Å². The largest absolute Gasteiger partial charge is 0.464 e. The molecule has 0 spiro atoms. The van der Waals surface area contributed by atoms with Crippen LogP contribution in [0.2, 0.25) is 0 Å². The number of ether oxygens (including phenoxy) is 1. The lowest BCUT2D eigenvalue weighted by Crippen LogP contribution is -2.47. The van der Waals surface area contributed by atoms with Crippen molar-refractivity contribution in [3.8, 4) is 0 Å². The Morgan fingerprint density at radius 2 is 2.08 bits per heavy atom. The van der Waals surface area contributed by atoms with Crippen molar-refractivity contribution >= 4 is 5.97 Å². The molecule has 0 fully saturated rings. The molecule has 3 nitrogen and oxygen atoms in total. The van der Waals surface area contributed by atoms with E-state index in [1.165, 1.54) is 0 Å². The molecule has 0 bridgehead atoms. The van der Waals surface area contributed by atoms with Crippen LogP contribution in [0.3, 0.4) is 0 Å². The minimum atomic E-state index is -0.830. The van der Waals surface area contributed by atoms with E-state index >= 15 is 0 Å². The third-order valence-electron chi connectivity index (χ3n) is 1.74. The molecule has 3 heteroatoms. The number of esters is 1. The molecular formula is C10H21NO2. The van der Waals surface area contributed by atoms with Crippen molar-refractivity contribution in [2.75, 3.05) is 6.61 Å². The quantitative estimate of drug-likeness (QED) is 0.666. The summed E-state index contributed by atoms with van der Waals surface area (Å²) in [6.07, 6.45) is 1.50. The van der Waals surface area contributed by atoms with Crippen LogP contribution in [0.25, 0.3) is 0 Å². The van der Waals surface area contributed by atoms with Crippen LogP contribution in [0.5, 0.6) is 0 Å². The van der Waals surface area contributed by atoms with E-state index in [2.05, 4.69) is 0 Å². The number of hydrogen-bond acceptors (Lipinski definition) is 3. The third kappa shape index (κ3) is 4.88. The molecular weight excluding hydrogens is 166 g/mol. The zero-order valence-electron chi connectivity index (χ0n) is 9.09. The topological polar surface area (TPSA) is 52.3 Å². The van der Waals surface area contributed by atoms with Crippen molar-refractivity contribution in [1.82, 2.24) is 0 Å². The van der Waals surface area contributed by atoms with Gasteiger partial charge in [-0.15, -0.1) is 0 Å². The molecule has 0 saturated heterocycles. The highest BCUT2D eigenvalue weighted by molar-refractivity contribution is 5.79. The van der Waals surface area contributed by atoms with Crippen LogP contribution in [0, 0.1) is 5.92 Å². The Hall–Kier alpha value is -0.570. The van der Waals surface area contributed by atoms with Crippen LogP contribution in [0.15, 0.2) is 0 Å². The van der Waals surface area contributed by atoms with E-state index < -0.39 is 5.54 Å². The molecule has 0 aromatic rings. The maximum Gasteiger partial charge on any atom is 0.325 e. The summed E-state index contributed by atoms with van der Waals surface area (Å²) in [7, 11) is 0. The average molecular weight is 187 g/mol. The summed E-state index contributed by atoms with van der Waals surface area (Å²) in [5.74, 6) is 0.118. The first-order chi connectivity index (χ1) is 5.90. The fraction of sp³-hybridized carbons (Fsp3) is 0.900. The summed E-state index contributed by atoms with van der Waals surface area (Å²) in [4.78, 5) is 11.4. The van der Waals surface area contributed by atoms with E-state index in [1.807, 2.05) is 20.8 Å². The van der Waals surface area contributed by atoms with Crippen LogP contribution in [0.4, 0.5) is 0 Å². The molecule has 78 valence electrons. The Kier molecular flexibility index (Phi) is 4.99. The Labute approximate surface area is 80.6 Å². The summed E-state index contributed by atoms with van der Waals surface area (Å²) in [5, 5.41) is 0. The summed E-state index contributed by atoms with van der Waals surface area (Å²) in [6, 6.07) is 0. The van der Waals surface area contributed by atoms with Gasteiger partial charge in [-0.1, -0.05) is 20.8 Å². The first-order valence-electron chi connectivity index (χ1n) is 4.86. The lowest BCUT2D eigenvalue weighted by atomic mass is 9.92. The van der Waals surface area contributed by atoms with Gasteiger partial charge in [0.1, 0.15) is 5.54 Å². The highest BCUT2D eigenvalue weighted by atomic mass is 16.5. The number of nitrogens with two attached hydrogens (primary N) is 1. The van der Waals surface area contributed by atoms with Gasteiger partial charge in [0.15, 0.2) is 0 Å². The van der Waals surface area contributed by atoms with Gasteiger partial charge in [0, 0.05) is 0 Å². The summed E-state index contributed by atoms with van der Waals surface area (Å²) in [5.41, 5.74) is 5.00. The smallest absolute Gasteiger partial charge is 0.325 e. The summed E-state index contributed by atoms with van der Waals surface area (Å²) in [6.45, 7) is 8.23. The van der Waals surface area contributed by atoms with Crippen molar-refractivity contribution in [2.45, 2.75) is 46.1 Å². The number of rotatable bonds is 5. The molecule has 0 amide bonds. The van der Waals surface area contributed by atoms with Gasteiger partial charge in [-0.05, 0) is 25.7 Å². The molecule has 0 aliphatic carbocycles. The maximum absolute atomic E-state index is 11.4. The normalized spacial score (nSPS) is 15.5. The Morgan fingerprint density at radius 1 is 1.54 bits per heavy atom. The number of carbonyl (C=O) groups excluding carboxylic acids is 1. The zero-order chi connectivity index (χ0) is 10.5. The van der Waals surface area contributed by atoms with Gasteiger partial charge in [-0.3, -0.25) is 4.79 Å². The summed E-state index contributed by atoms with van der Waals surface area (Å²) >= 11 is 0. The molecule has 0 aromatic carbocycles. The SMILES string of the molecule is CCCOC(=O)[C@@](C)(N)CC(C)C. The Bertz CT molecular complexity index is 164. The van der Waals surface area contributed by atoms with Crippen molar-refractivity contribution < 1.29 is 9.53 Å². The van der Waals surface area contributed by atoms with Gasteiger partial charge < -0.3 is 10.5 Å². The minimum absolute atomic E-state index is 0.289. The molecule has 0 saturated carbocycles. The Morgan fingerprint density at radius 3 is 2.46 bits per heavy atom. The molecule has 0 aliphatic rings. The van der Waals surface area contributed by atoms with Gasteiger partial charge in [-0.25, -0.2) is 0 Å². The molecule has 0 heterocycles. The lowest BCUT2D eigenvalue weighted by Gasteiger charge is -2.24. The summed E-state index contributed by atoms with van der Waals surface area (Å²) < 4.78 is 4.99. The van der Waals surface area contributed by atoms with Crippen molar-refractivity contribution in [3.05, 3.63) is 0 Å². The highest BCUT2D eigenvalue weighted by Crippen LogP contribution is 2.15. The van der Waals surface area contributed by atoms with Crippen LogP contribution in [0.1, 0.15) is 40.5 Å². The highest BCUT2D eigenvalue weighted by Gasteiger charge is 2.30. The molecule has 0 aromatic heterocycles. The maximum atomic E-state index is 11.4. The van der Waals surface area contributed by atoms with E-state index in [4.69, 9.17) is 10.5 Å². The first kappa shape index (κ1) is 12.4. The average Bonchev–Trinajstić information content (AvgIpc) is 1.97. The van der Waals surface area contributed by atoms with Crippen molar-refractivity contribution in [3.63, 3.8) is 0 Å². The van der Waals surface area contributed by atoms with Gasteiger partial charge in [-0.2, -0.15) is 0 Å². The van der Waals surface area contributed by atoms with E-state index in [0.717, 1.165) is 6.42 Å². The molecule has 0 unspecified atom stereocenters. The molecule has 0 radical (unpaired) electrons. The predicted octanol–water partition coefficient (Wildman–Crippen LogP) is 1.70. The van der Waals surface area contributed by atoms with Gasteiger partial charge >= 0.3 is 5.97 Å². The lowest BCUT2D eigenvalue weighted by molar-refractivity contribution is -0.150. The molecule has 0 aliphatic heterocycles. The zero-order valence-corrected chi connectivity index (χ0v) is 9.09. The van der Waals surface area contributed by atoms with Gasteiger partial charge in [0.05, 0.1) is 6.61 Å². The number of carbonyl (C=O) groups is 1. The number of hydrogen-bond donors (Lipinski definition) is 1. The second-order valence-electron chi connectivity index (χ2n) is 4.15. The van der Waals surface area contributed by atoms with Crippen molar-refractivity contribution in [1.29, 1.82) is 0 Å². The third-order valence-corrected chi connectivity index (χ3v) is 1.74. The first-order valence-corrected chi connectivity index (χ1v) is 4.86. The second-order valence-corrected chi connectivity index (χ2v) is 4.15. The van der Waals surface area contributed by atoms with Crippen LogP contribution in [-0.2, 0) is 9.53 Å². The van der Waals surface area contributed by atoms with Gasteiger partial charge in [0.25, 0.3) is 0 Å².